The maximum Gasteiger partial charge on any atom is 0.274 e. The molecule has 0 saturated heterocycles. The van der Waals surface area contributed by atoms with E-state index in [1.165, 1.54) is 6.07 Å². The van der Waals surface area contributed by atoms with Crippen molar-refractivity contribution in [1.82, 2.24) is 0 Å². The minimum atomic E-state index is -0.734. The van der Waals surface area contributed by atoms with Crippen LogP contribution in [0.25, 0.3) is 0 Å². The van der Waals surface area contributed by atoms with Gasteiger partial charge in [-0.2, -0.15) is 0 Å². The summed E-state index contributed by atoms with van der Waals surface area (Å²) in [7, 11) is 0. The molecule has 0 fully saturated rings. The highest BCUT2D eigenvalue weighted by molar-refractivity contribution is 6.34. The average Bonchev–Trinajstić information content (AvgIpc) is 2.44. The number of hydrogen-bond donors (Lipinski definition) is 2. The van der Waals surface area contributed by atoms with Gasteiger partial charge in [0.1, 0.15) is 5.82 Å². The number of nitrogens with two attached hydrogens (primary N) is 1. The first kappa shape index (κ1) is 15.7. The number of halogens is 2. The number of nitrogens with one attached hydrogen (secondary N) is 1. The Hall–Kier alpha value is -2.67. The van der Waals surface area contributed by atoms with Crippen LogP contribution in [0.4, 0.5) is 15.8 Å². The first-order valence-electron chi connectivity index (χ1n) is 6.15. The molecule has 0 radical (unpaired) electrons. The van der Waals surface area contributed by atoms with Gasteiger partial charge in [0, 0.05) is 18.3 Å². The van der Waals surface area contributed by atoms with Crippen LogP contribution >= 0.6 is 11.6 Å². The van der Waals surface area contributed by atoms with E-state index in [0.29, 0.717) is 5.69 Å². The number of nitro groups is 1. The van der Waals surface area contributed by atoms with Crippen LogP contribution in [0.15, 0.2) is 36.4 Å². The van der Waals surface area contributed by atoms with E-state index in [1.54, 1.807) is 12.1 Å². The van der Waals surface area contributed by atoms with Crippen LogP contribution in [0.1, 0.15) is 15.9 Å². The Balaban J connectivity index is 2.32. The molecular formula is C14H11ClFN3O3. The molecule has 2 rings (SSSR count). The van der Waals surface area contributed by atoms with Crippen molar-refractivity contribution < 1.29 is 14.1 Å². The van der Waals surface area contributed by atoms with Gasteiger partial charge >= 0.3 is 0 Å². The van der Waals surface area contributed by atoms with Gasteiger partial charge in [0.15, 0.2) is 0 Å². The second-order valence-corrected chi connectivity index (χ2v) is 4.82. The molecular weight excluding hydrogens is 313 g/mol. The topological polar surface area (TPSA) is 98.3 Å². The molecule has 0 unspecified atom stereocenters. The van der Waals surface area contributed by atoms with Gasteiger partial charge in [0.25, 0.3) is 11.6 Å². The molecule has 114 valence electrons. The van der Waals surface area contributed by atoms with E-state index in [0.717, 1.165) is 18.2 Å². The van der Waals surface area contributed by atoms with Gasteiger partial charge in [-0.15, -0.1) is 0 Å². The number of hydrogen-bond acceptors (Lipinski definition) is 4. The molecule has 1 amide bonds. The van der Waals surface area contributed by atoms with Gasteiger partial charge in [-0.25, -0.2) is 4.39 Å². The van der Waals surface area contributed by atoms with Crippen molar-refractivity contribution in [2.75, 3.05) is 5.32 Å². The third-order valence-electron chi connectivity index (χ3n) is 2.97. The van der Waals surface area contributed by atoms with Gasteiger partial charge in [-0.1, -0.05) is 17.7 Å². The molecule has 2 aromatic carbocycles. The van der Waals surface area contributed by atoms with Crippen molar-refractivity contribution in [2.45, 2.75) is 6.54 Å². The standard InChI is InChI=1S/C14H11ClFN3O3/c15-10-2-1-3-11(13(10)14(17)20)18-7-8-6-9(16)4-5-12(8)19(21)22/h1-6,18H,7H2,(H2,17,20). The summed E-state index contributed by atoms with van der Waals surface area (Å²) >= 11 is 5.90. The first-order chi connectivity index (χ1) is 10.4. The fourth-order valence-corrected chi connectivity index (χ4v) is 2.25. The zero-order chi connectivity index (χ0) is 16.3. The fraction of sp³-hybridized carbons (Fsp3) is 0.0714. The van der Waals surface area contributed by atoms with Crippen molar-refractivity contribution in [1.29, 1.82) is 0 Å². The normalized spacial score (nSPS) is 10.3. The Kier molecular flexibility index (Phi) is 4.57. The highest BCUT2D eigenvalue weighted by atomic mass is 35.5. The molecule has 0 saturated carbocycles. The Morgan fingerprint density at radius 2 is 2.09 bits per heavy atom. The second kappa shape index (κ2) is 6.40. The summed E-state index contributed by atoms with van der Waals surface area (Å²) in [6.45, 7) is -0.0608. The van der Waals surface area contributed by atoms with E-state index < -0.39 is 16.6 Å². The third-order valence-corrected chi connectivity index (χ3v) is 3.28. The maximum atomic E-state index is 13.3. The number of nitrogens with zero attached hydrogens (tertiary/aromatic N) is 1. The SMILES string of the molecule is NC(=O)c1c(Cl)cccc1NCc1cc(F)ccc1[N+](=O)[O-]. The Labute approximate surface area is 129 Å². The third kappa shape index (κ3) is 3.32. The summed E-state index contributed by atoms with van der Waals surface area (Å²) < 4.78 is 13.3. The summed E-state index contributed by atoms with van der Waals surface area (Å²) in [6.07, 6.45) is 0. The predicted molar refractivity (Wildman–Crippen MR) is 80.4 cm³/mol. The van der Waals surface area contributed by atoms with Crippen molar-refractivity contribution in [2.24, 2.45) is 5.73 Å². The summed E-state index contributed by atoms with van der Waals surface area (Å²) in [6, 6.07) is 7.79. The number of carbonyl (C=O) groups is 1. The molecule has 0 atom stereocenters. The Morgan fingerprint density at radius 1 is 1.36 bits per heavy atom. The second-order valence-electron chi connectivity index (χ2n) is 4.41. The van der Waals surface area contributed by atoms with E-state index >= 15 is 0 Å². The lowest BCUT2D eigenvalue weighted by Gasteiger charge is -2.11. The minimum Gasteiger partial charge on any atom is -0.380 e. The van der Waals surface area contributed by atoms with E-state index in [2.05, 4.69) is 5.32 Å². The lowest BCUT2D eigenvalue weighted by Crippen LogP contribution is -2.15. The molecule has 0 bridgehead atoms. The van der Waals surface area contributed by atoms with Gasteiger partial charge in [0.2, 0.25) is 0 Å². The van der Waals surface area contributed by atoms with Gasteiger partial charge in [0.05, 0.1) is 21.1 Å². The number of primary amides is 1. The minimum absolute atomic E-state index is 0.0608. The van der Waals surface area contributed by atoms with Gasteiger partial charge in [-0.05, 0) is 24.3 Å². The summed E-state index contributed by atoms with van der Waals surface area (Å²) in [5.41, 5.74) is 5.56. The van der Waals surface area contributed by atoms with Gasteiger partial charge < -0.3 is 11.1 Å². The fourth-order valence-electron chi connectivity index (χ4n) is 1.99. The summed E-state index contributed by atoms with van der Waals surface area (Å²) in [5.74, 6) is -1.33. The van der Waals surface area contributed by atoms with Crippen LogP contribution in [0.3, 0.4) is 0 Å². The van der Waals surface area contributed by atoms with E-state index in [4.69, 9.17) is 17.3 Å². The number of carbonyl (C=O) groups excluding carboxylic acids is 1. The van der Waals surface area contributed by atoms with Crippen LogP contribution in [0.2, 0.25) is 5.02 Å². The van der Waals surface area contributed by atoms with Crippen LogP contribution in [-0.2, 0) is 6.54 Å². The maximum absolute atomic E-state index is 13.3. The van der Waals surface area contributed by atoms with Gasteiger partial charge in [-0.3, -0.25) is 14.9 Å². The molecule has 0 aliphatic carbocycles. The number of anilines is 1. The van der Waals surface area contributed by atoms with Crippen LogP contribution < -0.4 is 11.1 Å². The van der Waals surface area contributed by atoms with Crippen molar-refractivity contribution >= 4 is 28.9 Å². The monoisotopic (exact) mass is 323 g/mol. The van der Waals surface area contributed by atoms with Crippen LogP contribution in [0, 0.1) is 15.9 Å². The van der Waals surface area contributed by atoms with E-state index in [9.17, 15) is 19.3 Å². The Bertz CT molecular complexity index is 750. The van der Waals surface area contributed by atoms with Crippen molar-refractivity contribution in [3.63, 3.8) is 0 Å². The lowest BCUT2D eigenvalue weighted by atomic mass is 10.1. The molecule has 0 aliphatic rings. The van der Waals surface area contributed by atoms with E-state index in [-0.39, 0.29) is 28.4 Å². The number of amides is 1. The number of benzene rings is 2. The lowest BCUT2D eigenvalue weighted by molar-refractivity contribution is -0.385. The molecule has 22 heavy (non-hydrogen) atoms. The van der Waals surface area contributed by atoms with Crippen molar-refractivity contribution in [3.8, 4) is 0 Å². The summed E-state index contributed by atoms with van der Waals surface area (Å²) in [4.78, 5) is 21.7. The number of rotatable bonds is 5. The molecule has 8 heteroatoms. The average molecular weight is 324 g/mol. The molecule has 0 aliphatic heterocycles. The molecule has 3 N–H and O–H groups in total. The zero-order valence-electron chi connectivity index (χ0n) is 11.2. The highest BCUT2D eigenvalue weighted by Crippen LogP contribution is 2.26. The van der Waals surface area contributed by atoms with Crippen LogP contribution in [0.5, 0.6) is 0 Å². The molecule has 0 spiro atoms. The summed E-state index contributed by atoms with van der Waals surface area (Å²) in [5, 5.41) is 13.9. The number of nitro benzene ring substituents is 1. The predicted octanol–water partition coefficient (Wildman–Crippen LogP) is 3.10. The van der Waals surface area contributed by atoms with E-state index in [1.807, 2.05) is 0 Å². The Morgan fingerprint density at radius 3 is 2.73 bits per heavy atom. The smallest absolute Gasteiger partial charge is 0.274 e. The van der Waals surface area contributed by atoms with Crippen LogP contribution in [-0.4, -0.2) is 10.8 Å². The molecule has 0 aromatic heterocycles. The molecule has 6 nitrogen and oxygen atoms in total. The highest BCUT2D eigenvalue weighted by Gasteiger charge is 2.16. The largest absolute Gasteiger partial charge is 0.380 e. The molecule has 0 heterocycles. The zero-order valence-corrected chi connectivity index (χ0v) is 11.9. The molecule has 2 aromatic rings. The first-order valence-corrected chi connectivity index (χ1v) is 6.53. The quantitative estimate of drug-likeness (QED) is 0.652. The van der Waals surface area contributed by atoms with Crippen molar-refractivity contribution in [3.05, 3.63) is 68.5 Å².